The monoisotopic (exact) mass is 325 g/mol. The lowest BCUT2D eigenvalue weighted by Crippen LogP contribution is -2.31. The van der Waals surface area contributed by atoms with E-state index in [1.54, 1.807) is 0 Å². The first-order chi connectivity index (χ1) is 11.1. The normalized spacial score (nSPS) is 12.6. The number of aliphatic hydroxyl groups is 1. The second-order valence-corrected chi connectivity index (χ2v) is 5.79. The Morgan fingerprint density at radius 1 is 1.13 bits per heavy atom. The third-order valence-corrected chi connectivity index (χ3v) is 3.12. The Morgan fingerprint density at radius 3 is 2.52 bits per heavy atom. The zero-order valence-electron chi connectivity index (χ0n) is 14.6. The van der Waals surface area contributed by atoms with Crippen LogP contribution in [0.4, 0.5) is 0 Å². The average molecular weight is 325 g/mol. The number of aliphatic hydroxyl groups excluding tert-OH is 1. The Bertz CT molecular complexity index is 395. The highest BCUT2D eigenvalue weighted by molar-refractivity contribution is 5.26. The molecule has 0 bridgehead atoms. The Labute approximate surface area is 139 Å². The minimum Gasteiger partial charge on any atom is -0.491 e. The molecule has 0 fully saturated rings. The molecule has 0 spiro atoms. The van der Waals surface area contributed by atoms with Crippen molar-refractivity contribution in [1.29, 1.82) is 0 Å². The SMILES string of the molecule is CCCNCC(O)COc1ccc(COCCOC(C)C)cc1. The molecule has 0 aliphatic heterocycles. The highest BCUT2D eigenvalue weighted by atomic mass is 16.5. The van der Waals surface area contributed by atoms with E-state index in [2.05, 4.69) is 12.2 Å². The predicted octanol–water partition coefficient (Wildman–Crippen LogP) is 2.37. The Morgan fingerprint density at radius 2 is 1.87 bits per heavy atom. The van der Waals surface area contributed by atoms with Crippen LogP contribution in [0.5, 0.6) is 5.75 Å². The molecule has 1 aromatic rings. The molecule has 1 rings (SSSR count). The van der Waals surface area contributed by atoms with Crippen molar-refractivity contribution in [3.8, 4) is 5.75 Å². The van der Waals surface area contributed by atoms with E-state index in [1.807, 2.05) is 38.1 Å². The minimum absolute atomic E-state index is 0.238. The predicted molar refractivity (Wildman–Crippen MR) is 91.8 cm³/mol. The van der Waals surface area contributed by atoms with Gasteiger partial charge < -0.3 is 24.6 Å². The van der Waals surface area contributed by atoms with E-state index >= 15 is 0 Å². The maximum atomic E-state index is 9.78. The molecular weight excluding hydrogens is 294 g/mol. The lowest BCUT2D eigenvalue weighted by atomic mass is 10.2. The molecule has 5 nitrogen and oxygen atoms in total. The number of rotatable bonds is 13. The van der Waals surface area contributed by atoms with Gasteiger partial charge in [-0.1, -0.05) is 19.1 Å². The molecule has 0 radical (unpaired) electrons. The third-order valence-electron chi connectivity index (χ3n) is 3.12. The smallest absolute Gasteiger partial charge is 0.119 e. The number of ether oxygens (including phenoxy) is 3. The molecule has 0 aromatic heterocycles. The first kappa shape index (κ1) is 19.9. The van der Waals surface area contributed by atoms with Gasteiger partial charge in [-0.3, -0.25) is 0 Å². The molecule has 0 aliphatic carbocycles. The fourth-order valence-corrected chi connectivity index (χ4v) is 1.91. The summed E-state index contributed by atoms with van der Waals surface area (Å²) in [6.45, 7) is 9.64. The highest BCUT2D eigenvalue weighted by Crippen LogP contribution is 2.13. The quantitative estimate of drug-likeness (QED) is 0.545. The lowest BCUT2D eigenvalue weighted by molar-refractivity contribution is 0.0143. The van der Waals surface area contributed by atoms with Crippen molar-refractivity contribution in [3.63, 3.8) is 0 Å². The van der Waals surface area contributed by atoms with Crippen molar-refractivity contribution in [2.75, 3.05) is 32.9 Å². The Kier molecular flexibility index (Phi) is 10.6. The van der Waals surface area contributed by atoms with Crippen LogP contribution < -0.4 is 10.1 Å². The van der Waals surface area contributed by atoms with Crippen molar-refractivity contribution < 1.29 is 19.3 Å². The summed E-state index contributed by atoms with van der Waals surface area (Å²) in [5.74, 6) is 0.756. The number of hydrogen-bond donors (Lipinski definition) is 2. The molecule has 5 heteroatoms. The summed E-state index contributed by atoms with van der Waals surface area (Å²) < 4.78 is 16.5. The van der Waals surface area contributed by atoms with Gasteiger partial charge in [0.2, 0.25) is 0 Å². The van der Waals surface area contributed by atoms with Crippen LogP contribution >= 0.6 is 0 Å². The van der Waals surface area contributed by atoms with Crippen molar-refractivity contribution in [1.82, 2.24) is 5.32 Å². The number of benzene rings is 1. The second-order valence-electron chi connectivity index (χ2n) is 5.79. The molecule has 0 aliphatic rings. The summed E-state index contributed by atoms with van der Waals surface area (Å²) >= 11 is 0. The largest absolute Gasteiger partial charge is 0.491 e. The van der Waals surface area contributed by atoms with Crippen LogP contribution in [0.1, 0.15) is 32.8 Å². The molecule has 0 heterocycles. The van der Waals surface area contributed by atoms with Crippen LogP contribution in [0.25, 0.3) is 0 Å². The van der Waals surface area contributed by atoms with E-state index in [9.17, 15) is 5.11 Å². The molecule has 2 N–H and O–H groups in total. The van der Waals surface area contributed by atoms with Gasteiger partial charge in [-0.15, -0.1) is 0 Å². The molecular formula is C18H31NO4. The first-order valence-corrected chi connectivity index (χ1v) is 8.41. The summed E-state index contributed by atoms with van der Waals surface area (Å²) in [4.78, 5) is 0. The lowest BCUT2D eigenvalue weighted by Gasteiger charge is -2.13. The zero-order chi connectivity index (χ0) is 16.9. The molecule has 1 atom stereocenters. The number of nitrogens with one attached hydrogen (secondary N) is 1. The van der Waals surface area contributed by atoms with Gasteiger partial charge in [0.05, 0.1) is 25.9 Å². The maximum absolute atomic E-state index is 9.78. The molecule has 23 heavy (non-hydrogen) atoms. The van der Waals surface area contributed by atoms with Crippen LogP contribution in [0, 0.1) is 0 Å². The van der Waals surface area contributed by atoms with E-state index in [0.717, 1.165) is 24.3 Å². The van der Waals surface area contributed by atoms with Crippen LogP contribution in [-0.2, 0) is 16.1 Å². The van der Waals surface area contributed by atoms with E-state index in [1.165, 1.54) is 0 Å². The summed E-state index contributed by atoms with van der Waals surface area (Å²) in [5, 5.41) is 12.9. The van der Waals surface area contributed by atoms with Gasteiger partial charge in [-0.2, -0.15) is 0 Å². The second kappa shape index (κ2) is 12.3. The van der Waals surface area contributed by atoms with E-state index in [0.29, 0.717) is 33.0 Å². The van der Waals surface area contributed by atoms with Crippen LogP contribution in [0.15, 0.2) is 24.3 Å². The van der Waals surface area contributed by atoms with Gasteiger partial charge in [0.25, 0.3) is 0 Å². The average Bonchev–Trinajstić information content (AvgIpc) is 2.54. The van der Waals surface area contributed by atoms with Gasteiger partial charge in [-0.25, -0.2) is 0 Å². The van der Waals surface area contributed by atoms with E-state index in [-0.39, 0.29) is 6.10 Å². The maximum Gasteiger partial charge on any atom is 0.119 e. The fraction of sp³-hybridized carbons (Fsp3) is 0.667. The van der Waals surface area contributed by atoms with Crippen molar-refractivity contribution >= 4 is 0 Å². The number of hydrogen-bond acceptors (Lipinski definition) is 5. The molecule has 0 saturated heterocycles. The fourth-order valence-electron chi connectivity index (χ4n) is 1.91. The van der Waals surface area contributed by atoms with Crippen LogP contribution in [-0.4, -0.2) is 50.2 Å². The Hall–Kier alpha value is -1.14. The van der Waals surface area contributed by atoms with Crippen molar-refractivity contribution in [2.45, 2.75) is 46.0 Å². The van der Waals surface area contributed by atoms with Gasteiger partial charge in [-0.05, 0) is 44.5 Å². The van der Waals surface area contributed by atoms with Gasteiger partial charge in [0.1, 0.15) is 18.5 Å². The zero-order valence-corrected chi connectivity index (χ0v) is 14.6. The van der Waals surface area contributed by atoms with Crippen LogP contribution in [0.3, 0.4) is 0 Å². The summed E-state index contributed by atoms with van der Waals surface area (Å²) in [7, 11) is 0. The minimum atomic E-state index is -0.495. The van der Waals surface area contributed by atoms with Gasteiger partial charge in [0, 0.05) is 6.54 Å². The molecule has 1 aromatic carbocycles. The molecule has 132 valence electrons. The highest BCUT2D eigenvalue weighted by Gasteiger charge is 2.04. The molecule has 1 unspecified atom stereocenters. The topological polar surface area (TPSA) is 60.0 Å². The van der Waals surface area contributed by atoms with Gasteiger partial charge in [0.15, 0.2) is 0 Å². The Balaban J connectivity index is 2.17. The van der Waals surface area contributed by atoms with Crippen molar-refractivity contribution in [2.24, 2.45) is 0 Å². The van der Waals surface area contributed by atoms with E-state index in [4.69, 9.17) is 14.2 Å². The standard InChI is InChI=1S/C18H31NO4/c1-4-9-19-12-17(20)14-23-18-7-5-16(6-8-18)13-21-10-11-22-15(2)3/h5-8,15,17,19-20H,4,9-14H2,1-3H3. The molecule has 0 amide bonds. The van der Waals surface area contributed by atoms with Gasteiger partial charge >= 0.3 is 0 Å². The third kappa shape index (κ3) is 10.3. The van der Waals surface area contributed by atoms with Crippen LogP contribution in [0.2, 0.25) is 0 Å². The molecule has 0 saturated carbocycles. The summed E-state index contributed by atoms with van der Waals surface area (Å²) in [5.41, 5.74) is 1.09. The first-order valence-electron chi connectivity index (χ1n) is 8.41. The van der Waals surface area contributed by atoms with Crippen molar-refractivity contribution in [3.05, 3.63) is 29.8 Å². The van der Waals surface area contributed by atoms with E-state index < -0.39 is 6.10 Å². The summed E-state index contributed by atoms with van der Waals surface area (Å²) in [6, 6.07) is 7.74. The summed E-state index contributed by atoms with van der Waals surface area (Å²) in [6.07, 6.45) is 0.800.